The fourth-order valence-electron chi connectivity index (χ4n) is 3.30. The summed E-state index contributed by atoms with van der Waals surface area (Å²) in [5.74, 6) is 7.25. The van der Waals surface area contributed by atoms with Crippen LogP contribution in [0.1, 0.15) is 29.7 Å². The molecular weight excluding hydrogens is 260 g/mol. The second-order valence-corrected chi connectivity index (χ2v) is 5.59. The lowest BCUT2D eigenvalue weighted by Gasteiger charge is -2.23. The molecular formula is C18H22N2O. The monoisotopic (exact) mass is 282 g/mol. The molecule has 0 radical (unpaired) electrons. The van der Waals surface area contributed by atoms with Crippen LogP contribution in [0.3, 0.4) is 0 Å². The Morgan fingerprint density at radius 1 is 1.14 bits per heavy atom. The molecule has 3 N–H and O–H groups in total. The third kappa shape index (κ3) is 2.94. The van der Waals surface area contributed by atoms with Crippen molar-refractivity contribution in [3.63, 3.8) is 0 Å². The molecule has 1 unspecified atom stereocenters. The number of benzene rings is 2. The van der Waals surface area contributed by atoms with E-state index >= 15 is 0 Å². The molecule has 0 bridgehead atoms. The van der Waals surface area contributed by atoms with Crippen molar-refractivity contribution in [2.24, 2.45) is 11.8 Å². The Balaban J connectivity index is 1.82. The van der Waals surface area contributed by atoms with Crippen molar-refractivity contribution in [2.45, 2.75) is 25.8 Å². The Hall–Kier alpha value is -1.84. The van der Waals surface area contributed by atoms with Gasteiger partial charge in [0.1, 0.15) is 5.75 Å². The summed E-state index contributed by atoms with van der Waals surface area (Å²) in [6.07, 6.45) is 2.15. The van der Waals surface area contributed by atoms with Crippen LogP contribution in [0.25, 0.3) is 0 Å². The van der Waals surface area contributed by atoms with Crippen LogP contribution in [0.4, 0.5) is 0 Å². The minimum Gasteiger partial charge on any atom is -0.494 e. The van der Waals surface area contributed by atoms with E-state index in [0.29, 0.717) is 12.5 Å². The van der Waals surface area contributed by atoms with Crippen molar-refractivity contribution in [3.8, 4) is 5.75 Å². The van der Waals surface area contributed by atoms with E-state index in [1.807, 2.05) is 19.1 Å². The van der Waals surface area contributed by atoms with E-state index < -0.39 is 0 Å². The van der Waals surface area contributed by atoms with Crippen LogP contribution >= 0.6 is 0 Å². The molecule has 21 heavy (non-hydrogen) atoms. The molecule has 3 rings (SSSR count). The average Bonchev–Trinajstić information content (AvgIpc) is 2.92. The van der Waals surface area contributed by atoms with E-state index in [0.717, 1.165) is 18.6 Å². The van der Waals surface area contributed by atoms with E-state index in [9.17, 15) is 0 Å². The molecule has 0 heterocycles. The summed E-state index contributed by atoms with van der Waals surface area (Å²) in [4.78, 5) is 0. The van der Waals surface area contributed by atoms with Crippen molar-refractivity contribution >= 4 is 0 Å². The molecule has 0 amide bonds. The Kier molecular flexibility index (Phi) is 4.23. The average molecular weight is 282 g/mol. The van der Waals surface area contributed by atoms with Gasteiger partial charge in [0.15, 0.2) is 0 Å². The summed E-state index contributed by atoms with van der Waals surface area (Å²) in [6.45, 7) is 2.68. The van der Waals surface area contributed by atoms with Gasteiger partial charge in [-0.05, 0) is 54.5 Å². The molecule has 1 atom stereocenters. The molecule has 0 saturated heterocycles. The Morgan fingerprint density at radius 3 is 2.48 bits per heavy atom. The van der Waals surface area contributed by atoms with Gasteiger partial charge in [-0.2, -0.15) is 0 Å². The zero-order valence-electron chi connectivity index (χ0n) is 12.4. The van der Waals surface area contributed by atoms with Gasteiger partial charge in [0.25, 0.3) is 0 Å². The van der Waals surface area contributed by atoms with Crippen LogP contribution in [0, 0.1) is 5.92 Å². The largest absolute Gasteiger partial charge is 0.494 e. The Morgan fingerprint density at radius 2 is 1.86 bits per heavy atom. The number of hydrazine groups is 1. The van der Waals surface area contributed by atoms with E-state index in [1.165, 1.54) is 16.7 Å². The first-order chi connectivity index (χ1) is 10.3. The van der Waals surface area contributed by atoms with Crippen LogP contribution < -0.4 is 16.0 Å². The van der Waals surface area contributed by atoms with Gasteiger partial charge in [-0.3, -0.25) is 11.3 Å². The van der Waals surface area contributed by atoms with Crippen LogP contribution in [-0.4, -0.2) is 6.61 Å². The van der Waals surface area contributed by atoms with Crippen molar-refractivity contribution < 1.29 is 4.74 Å². The molecule has 110 valence electrons. The first kappa shape index (κ1) is 14.1. The lowest BCUT2D eigenvalue weighted by Crippen LogP contribution is -2.34. The molecule has 0 aliphatic heterocycles. The van der Waals surface area contributed by atoms with Crippen LogP contribution in [0.15, 0.2) is 48.5 Å². The van der Waals surface area contributed by atoms with Crippen LogP contribution in [-0.2, 0) is 12.8 Å². The molecule has 0 fully saturated rings. The summed E-state index contributed by atoms with van der Waals surface area (Å²) in [7, 11) is 0. The minimum absolute atomic E-state index is 0.151. The van der Waals surface area contributed by atoms with Gasteiger partial charge in [-0.15, -0.1) is 0 Å². The first-order valence-electron chi connectivity index (χ1n) is 7.57. The fraction of sp³-hybridized carbons (Fsp3) is 0.333. The lowest BCUT2D eigenvalue weighted by atomic mass is 9.91. The Labute approximate surface area is 126 Å². The number of fused-ring (bicyclic) bond motifs is 1. The molecule has 0 aromatic heterocycles. The van der Waals surface area contributed by atoms with Crippen molar-refractivity contribution in [2.75, 3.05) is 6.61 Å². The first-order valence-corrected chi connectivity index (χ1v) is 7.57. The minimum atomic E-state index is 0.151. The third-order valence-corrected chi connectivity index (χ3v) is 4.26. The number of ether oxygens (including phenoxy) is 1. The van der Waals surface area contributed by atoms with E-state index in [1.54, 1.807) is 0 Å². The maximum Gasteiger partial charge on any atom is 0.119 e. The van der Waals surface area contributed by atoms with Gasteiger partial charge >= 0.3 is 0 Å². The molecule has 3 heteroatoms. The Bertz CT molecular complexity index is 587. The molecule has 1 aliphatic carbocycles. The summed E-state index contributed by atoms with van der Waals surface area (Å²) in [5.41, 5.74) is 7.10. The van der Waals surface area contributed by atoms with Gasteiger partial charge in [0, 0.05) is 6.04 Å². The molecule has 0 spiro atoms. The van der Waals surface area contributed by atoms with Crippen molar-refractivity contribution in [3.05, 3.63) is 65.2 Å². The highest BCUT2D eigenvalue weighted by atomic mass is 16.5. The number of nitrogens with one attached hydrogen (secondary N) is 1. The maximum atomic E-state index is 5.85. The molecule has 2 aromatic rings. The predicted octanol–water partition coefficient (Wildman–Crippen LogP) is 3.00. The summed E-state index contributed by atoms with van der Waals surface area (Å²) in [6, 6.07) is 17.1. The van der Waals surface area contributed by atoms with Gasteiger partial charge < -0.3 is 4.74 Å². The van der Waals surface area contributed by atoms with Crippen LogP contribution in [0.2, 0.25) is 0 Å². The highest BCUT2D eigenvalue weighted by molar-refractivity contribution is 5.36. The van der Waals surface area contributed by atoms with Gasteiger partial charge in [0.05, 0.1) is 6.61 Å². The zero-order chi connectivity index (χ0) is 14.7. The quantitative estimate of drug-likeness (QED) is 0.654. The molecule has 3 nitrogen and oxygen atoms in total. The number of nitrogens with two attached hydrogens (primary N) is 1. The number of hydrogen-bond donors (Lipinski definition) is 2. The molecule has 0 saturated carbocycles. The van der Waals surface area contributed by atoms with Gasteiger partial charge in [-0.1, -0.05) is 36.4 Å². The number of rotatable bonds is 5. The summed E-state index contributed by atoms with van der Waals surface area (Å²) in [5, 5.41) is 0. The molecule has 1 aliphatic rings. The van der Waals surface area contributed by atoms with E-state index in [2.05, 4.69) is 41.8 Å². The number of hydrogen-bond acceptors (Lipinski definition) is 3. The standard InChI is InChI=1S/C18H22N2O/c1-2-21-17-9-5-8-15(12-17)18(20-19)16-10-13-6-3-4-7-14(13)11-16/h3-9,12,16,18,20H,2,10-11,19H2,1H3. The summed E-state index contributed by atoms with van der Waals surface area (Å²) >= 11 is 0. The normalized spacial score (nSPS) is 15.7. The smallest absolute Gasteiger partial charge is 0.119 e. The lowest BCUT2D eigenvalue weighted by molar-refractivity contribution is 0.336. The third-order valence-electron chi connectivity index (χ3n) is 4.26. The summed E-state index contributed by atoms with van der Waals surface area (Å²) < 4.78 is 5.60. The second kappa shape index (κ2) is 6.29. The predicted molar refractivity (Wildman–Crippen MR) is 85.0 cm³/mol. The van der Waals surface area contributed by atoms with Gasteiger partial charge in [-0.25, -0.2) is 0 Å². The van der Waals surface area contributed by atoms with E-state index in [-0.39, 0.29) is 6.04 Å². The maximum absolute atomic E-state index is 5.85. The second-order valence-electron chi connectivity index (χ2n) is 5.59. The highest BCUT2D eigenvalue weighted by Crippen LogP contribution is 2.35. The fourth-order valence-corrected chi connectivity index (χ4v) is 3.30. The zero-order valence-corrected chi connectivity index (χ0v) is 12.4. The van der Waals surface area contributed by atoms with E-state index in [4.69, 9.17) is 10.6 Å². The highest BCUT2D eigenvalue weighted by Gasteiger charge is 2.29. The van der Waals surface area contributed by atoms with Crippen LogP contribution in [0.5, 0.6) is 5.75 Å². The van der Waals surface area contributed by atoms with Crippen molar-refractivity contribution in [1.29, 1.82) is 0 Å². The topological polar surface area (TPSA) is 47.3 Å². The van der Waals surface area contributed by atoms with Gasteiger partial charge in [0.2, 0.25) is 0 Å². The SMILES string of the molecule is CCOc1cccc(C(NN)C2Cc3ccccc3C2)c1. The van der Waals surface area contributed by atoms with Crippen molar-refractivity contribution in [1.82, 2.24) is 5.43 Å². The molecule has 2 aromatic carbocycles.